The van der Waals surface area contributed by atoms with Crippen LogP contribution in [0.5, 0.6) is 0 Å². The molecular formula is C32H39NO3. The molecule has 0 aromatic heterocycles. The van der Waals surface area contributed by atoms with Crippen LogP contribution in [-0.4, -0.2) is 17.6 Å². The highest BCUT2D eigenvalue weighted by atomic mass is 16.2. The Morgan fingerprint density at radius 1 is 1.03 bits per heavy atom. The van der Waals surface area contributed by atoms with Crippen LogP contribution in [0.25, 0.3) is 0 Å². The summed E-state index contributed by atoms with van der Waals surface area (Å²) in [5, 5.41) is 2.51. The number of carbonyl (C=O) groups excluding carboxylic acids is 3. The molecule has 2 amide bonds. The van der Waals surface area contributed by atoms with Gasteiger partial charge in [0.25, 0.3) is 0 Å². The summed E-state index contributed by atoms with van der Waals surface area (Å²) in [5.74, 6) is -0.149. The Morgan fingerprint density at radius 2 is 1.69 bits per heavy atom. The molecule has 2 bridgehead atoms. The second-order valence-electron chi connectivity index (χ2n) is 13.1. The molecule has 7 rings (SSSR count). The SMILES string of the molecule is C=C[C@H]1C=C(C)C2C3[C@H](Cc4ccc(cc4)CC4C(=O)NC(=O)[C@H]4C(=O)[C@H]31)C1[C@@H](C)C[C@@H](C)C[C@@]21C. The van der Waals surface area contributed by atoms with E-state index >= 15 is 0 Å². The van der Waals surface area contributed by atoms with Crippen molar-refractivity contribution in [2.45, 2.75) is 53.4 Å². The number of rotatable bonds is 1. The first-order chi connectivity index (χ1) is 17.1. The van der Waals surface area contributed by atoms with E-state index in [1.807, 2.05) is 6.08 Å². The van der Waals surface area contributed by atoms with Crippen molar-refractivity contribution >= 4 is 17.6 Å². The van der Waals surface area contributed by atoms with E-state index in [9.17, 15) is 14.4 Å². The Hall–Kier alpha value is -2.49. The smallest absolute Gasteiger partial charge is 0.237 e. The van der Waals surface area contributed by atoms with Gasteiger partial charge in [0.15, 0.2) is 0 Å². The van der Waals surface area contributed by atoms with Gasteiger partial charge in [0.2, 0.25) is 11.8 Å². The number of imide groups is 1. The summed E-state index contributed by atoms with van der Waals surface area (Å²) in [6.45, 7) is 13.7. The van der Waals surface area contributed by atoms with E-state index in [-0.39, 0.29) is 34.9 Å². The van der Waals surface area contributed by atoms with E-state index in [1.54, 1.807) is 0 Å². The summed E-state index contributed by atoms with van der Waals surface area (Å²) in [7, 11) is 0. The lowest BCUT2D eigenvalue weighted by Crippen LogP contribution is -2.46. The zero-order chi connectivity index (χ0) is 25.5. The van der Waals surface area contributed by atoms with Crippen LogP contribution < -0.4 is 5.32 Å². The van der Waals surface area contributed by atoms with Crippen LogP contribution in [0.15, 0.2) is 48.6 Å². The van der Waals surface area contributed by atoms with Crippen molar-refractivity contribution in [3.63, 3.8) is 0 Å². The second-order valence-corrected chi connectivity index (χ2v) is 13.1. The van der Waals surface area contributed by atoms with Crippen molar-refractivity contribution in [1.82, 2.24) is 5.32 Å². The zero-order valence-corrected chi connectivity index (χ0v) is 22.0. The number of Topliss-reactive ketones (excluding diaryl/α,β-unsaturated/α-hetero) is 1. The lowest BCUT2D eigenvalue weighted by Gasteiger charge is -2.49. The summed E-state index contributed by atoms with van der Waals surface area (Å²) in [4.78, 5) is 40.6. The Labute approximate surface area is 215 Å². The lowest BCUT2D eigenvalue weighted by molar-refractivity contribution is -0.139. The van der Waals surface area contributed by atoms with E-state index in [0.717, 1.165) is 12.0 Å². The topological polar surface area (TPSA) is 63.2 Å². The summed E-state index contributed by atoms with van der Waals surface area (Å²) >= 11 is 0. The third-order valence-electron chi connectivity index (χ3n) is 10.9. The van der Waals surface area contributed by atoms with Gasteiger partial charge in [0, 0.05) is 11.8 Å². The van der Waals surface area contributed by atoms with Crippen molar-refractivity contribution in [2.75, 3.05) is 0 Å². The van der Waals surface area contributed by atoms with Crippen molar-refractivity contribution in [2.24, 2.45) is 64.6 Å². The minimum Gasteiger partial charge on any atom is -0.298 e. The van der Waals surface area contributed by atoms with Gasteiger partial charge in [-0.1, -0.05) is 62.8 Å². The minimum absolute atomic E-state index is 0.0324. The molecule has 4 unspecified atom stereocenters. The van der Waals surface area contributed by atoms with Crippen molar-refractivity contribution in [3.8, 4) is 0 Å². The fourth-order valence-electron chi connectivity index (χ4n) is 10.2. The van der Waals surface area contributed by atoms with E-state index < -0.39 is 17.7 Å². The molecule has 1 aromatic carbocycles. The lowest BCUT2D eigenvalue weighted by atomic mass is 9.55. The molecule has 0 spiro atoms. The average Bonchev–Trinajstić information content (AvgIpc) is 3.23. The van der Waals surface area contributed by atoms with E-state index in [0.29, 0.717) is 36.0 Å². The van der Waals surface area contributed by atoms with Crippen LogP contribution in [0.2, 0.25) is 0 Å². The number of ketones is 1. The molecule has 1 aromatic rings. The number of allylic oxidation sites excluding steroid dienone is 3. The van der Waals surface area contributed by atoms with Gasteiger partial charge in [0.1, 0.15) is 11.7 Å². The molecule has 5 aliphatic carbocycles. The molecule has 36 heavy (non-hydrogen) atoms. The van der Waals surface area contributed by atoms with Crippen LogP contribution >= 0.6 is 0 Å². The first-order valence-electron chi connectivity index (χ1n) is 13.9. The first-order valence-corrected chi connectivity index (χ1v) is 13.9. The standard InChI is InChI=1S/C32H39NO3/c1-6-21-12-18(4)28-25-22(27-17(3)11-16(2)15-32(27,28)5)13-19-7-9-20(10-8-19)14-23-26(29(34)24(21)25)31(36)33-30(23)35/h6-10,12,16-17,21-28H,1,11,13-15H2,2-5H3,(H,33,35,36)/t16-,17+,21+,22+,23?,24+,25?,26-,27?,28?,32-/m1/s1. The number of amides is 2. The molecule has 6 aliphatic rings. The maximum atomic E-state index is 14.5. The third-order valence-corrected chi connectivity index (χ3v) is 10.9. The Balaban J connectivity index is 1.58. The number of benzene rings is 1. The number of nitrogens with one attached hydrogen (secondary N) is 1. The van der Waals surface area contributed by atoms with Crippen LogP contribution in [0.3, 0.4) is 0 Å². The van der Waals surface area contributed by atoms with E-state index in [4.69, 9.17) is 0 Å². The zero-order valence-electron chi connectivity index (χ0n) is 22.0. The number of carbonyl (C=O) groups is 3. The summed E-state index contributed by atoms with van der Waals surface area (Å²) in [6.07, 6.45) is 7.97. The van der Waals surface area contributed by atoms with Crippen LogP contribution in [-0.2, 0) is 27.2 Å². The van der Waals surface area contributed by atoms with Gasteiger partial charge < -0.3 is 0 Å². The molecule has 4 nitrogen and oxygen atoms in total. The Kier molecular flexibility index (Phi) is 5.48. The molecular weight excluding hydrogens is 446 g/mol. The van der Waals surface area contributed by atoms with E-state index in [2.05, 4.69) is 69.9 Å². The largest absolute Gasteiger partial charge is 0.298 e. The molecule has 1 aliphatic heterocycles. The number of hydrogen-bond donors (Lipinski definition) is 1. The van der Waals surface area contributed by atoms with Gasteiger partial charge in [-0.25, -0.2) is 0 Å². The highest BCUT2D eigenvalue weighted by Gasteiger charge is 2.65. The Bertz CT molecular complexity index is 1160. The molecule has 11 atom stereocenters. The van der Waals surface area contributed by atoms with Gasteiger partial charge in [-0.2, -0.15) is 0 Å². The highest BCUT2D eigenvalue weighted by molar-refractivity contribution is 6.16. The fourth-order valence-corrected chi connectivity index (χ4v) is 10.2. The van der Waals surface area contributed by atoms with Gasteiger partial charge in [-0.15, -0.1) is 6.58 Å². The molecule has 190 valence electrons. The van der Waals surface area contributed by atoms with Crippen molar-refractivity contribution in [3.05, 3.63) is 59.7 Å². The molecule has 0 radical (unpaired) electrons. The molecule has 4 heteroatoms. The molecule has 2 saturated carbocycles. The van der Waals surface area contributed by atoms with Crippen molar-refractivity contribution < 1.29 is 14.4 Å². The molecule has 1 N–H and O–H groups in total. The normalized spacial score (nSPS) is 45.6. The Morgan fingerprint density at radius 3 is 2.36 bits per heavy atom. The average molecular weight is 486 g/mol. The molecule has 1 heterocycles. The maximum Gasteiger partial charge on any atom is 0.237 e. The highest BCUT2D eigenvalue weighted by Crippen LogP contribution is 2.69. The minimum atomic E-state index is -0.913. The maximum absolute atomic E-state index is 14.5. The predicted molar refractivity (Wildman–Crippen MR) is 140 cm³/mol. The first kappa shape index (κ1) is 23.9. The van der Waals surface area contributed by atoms with Crippen LogP contribution in [0, 0.1) is 64.6 Å². The van der Waals surface area contributed by atoms with Crippen LogP contribution in [0.4, 0.5) is 0 Å². The van der Waals surface area contributed by atoms with E-state index in [1.165, 1.54) is 24.0 Å². The van der Waals surface area contributed by atoms with Crippen LogP contribution in [0.1, 0.15) is 51.7 Å². The second kappa shape index (κ2) is 8.26. The number of fused-ring (bicyclic) bond motifs is 4. The molecule has 3 fully saturated rings. The van der Waals surface area contributed by atoms with Crippen molar-refractivity contribution in [1.29, 1.82) is 0 Å². The summed E-state index contributed by atoms with van der Waals surface area (Å²) < 4.78 is 0. The van der Waals surface area contributed by atoms with Gasteiger partial charge in [-0.3, -0.25) is 19.7 Å². The third kappa shape index (κ3) is 3.28. The van der Waals surface area contributed by atoms with Gasteiger partial charge in [0.05, 0.1) is 5.92 Å². The summed E-state index contributed by atoms with van der Waals surface area (Å²) in [6, 6.07) is 8.63. The molecule has 1 saturated heterocycles. The summed E-state index contributed by atoms with van der Waals surface area (Å²) in [5.41, 5.74) is 3.83. The van der Waals surface area contributed by atoms with Gasteiger partial charge >= 0.3 is 0 Å². The monoisotopic (exact) mass is 485 g/mol. The van der Waals surface area contributed by atoms with Gasteiger partial charge in [-0.05, 0) is 84.7 Å². The fraction of sp³-hybridized carbons (Fsp3) is 0.594. The number of hydrogen-bond acceptors (Lipinski definition) is 3. The predicted octanol–water partition coefficient (Wildman–Crippen LogP) is 5.17. The quantitative estimate of drug-likeness (QED) is 0.339.